The van der Waals surface area contributed by atoms with Crippen molar-refractivity contribution < 1.29 is 14.9 Å². The molecular weight excluding hydrogens is 537 g/mol. The van der Waals surface area contributed by atoms with E-state index in [0.717, 1.165) is 26.1 Å². The number of hydrogen-bond acceptors (Lipinski definition) is 3. The lowest BCUT2D eigenvalue weighted by atomic mass is 9.85. The molecule has 2 N–H and O–H groups in total. The fourth-order valence-corrected chi connectivity index (χ4v) is 11.9. The molecule has 3 nitrogen and oxygen atoms in total. The third-order valence-electron chi connectivity index (χ3n) is 10.2. The first-order valence-electron chi connectivity index (χ1n) is 18.1. The van der Waals surface area contributed by atoms with E-state index in [2.05, 4.69) is 67.7 Å². The van der Waals surface area contributed by atoms with Gasteiger partial charge in [-0.15, -0.1) is 0 Å². The SMILES string of the molecule is C[SiH](C)C(O)(CCCCCCCCCCCOCCCCCCCCCCCC(O)([SiH](C)C)C(C)(C)C)C(C)(C)C. The van der Waals surface area contributed by atoms with Crippen LogP contribution in [0.2, 0.25) is 26.2 Å². The maximum Gasteiger partial charge on any atom is 0.0698 e. The van der Waals surface area contributed by atoms with Crippen LogP contribution < -0.4 is 0 Å². The largest absolute Gasteiger partial charge is 0.393 e. The molecule has 0 heterocycles. The Kier molecular flexibility index (Phi) is 22.1. The molecule has 0 aliphatic rings. The highest BCUT2D eigenvalue weighted by Gasteiger charge is 2.43. The minimum absolute atomic E-state index is 0.00866. The Morgan fingerprint density at radius 2 is 0.610 bits per heavy atom. The molecule has 41 heavy (non-hydrogen) atoms. The predicted molar refractivity (Wildman–Crippen MR) is 190 cm³/mol. The Morgan fingerprint density at radius 1 is 0.390 bits per heavy atom. The minimum Gasteiger partial charge on any atom is -0.393 e. The maximum atomic E-state index is 11.2. The normalized spacial score (nSPS) is 16.0. The van der Waals surface area contributed by atoms with Crippen molar-refractivity contribution in [2.45, 2.75) is 207 Å². The van der Waals surface area contributed by atoms with Gasteiger partial charge in [0, 0.05) is 13.2 Å². The highest BCUT2D eigenvalue weighted by molar-refractivity contribution is 6.59. The number of rotatable bonds is 26. The van der Waals surface area contributed by atoms with Gasteiger partial charge < -0.3 is 14.9 Å². The van der Waals surface area contributed by atoms with Crippen molar-refractivity contribution >= 4 is 17.6 Å². The third kappa shape index (κ3) is 17.4. The minimum atomic E-state index is -1.10. The van der Waals surface area contributed by atoms with E-state index in [-0.39, 0.29) is 10.8 Å². The van der Waals surface area contributed by atoms with E-state index in [9.17, 15) is 10.2 Å². The summed E-state index contributed by atoms with van der Waals surface area (Å²) in [5.74, 6) is 0. The van der Waals surface area contributed by atoms with Crippen LogP contribution in [0.4, 0.5) is 0 Å². The van der Waals surface area contributed by atoms with Crippen molar-refractivity contribution in [3.8, 4) is 0 Å². The standard InChI is InChI=1S/C36H78O3Si2/c1-33(2,3)35(37,40(7)8)29-25-21-17-13-11-15-19-23-27-31-39-32-28-24-20-16-12-14-18-22-26-30-36(38,41(9)10)34(4,5)6/h37-38,40-41H,11-32H2,1-10H3. The van der Waals surface area contributed by atoms with E-state index in [1.165, 1.54) is 116 Å². The molecule has 0 aliphatic heterocycles. The Morgan fingerprint density at radius 3 is 0.829 bits per heavy atom. The Bertz CT molecular complexity index is 559. The van der Waals surface area contributed by atoms with Crippen LogP contribution in [0.25, 0.3) is 0 Å². The van der Waals surface area contributed by atoms with Crippen LogP contribution in [0.5, 0.6) is 0 Å². The van der Waals surface area contributed by atoms with Crippen LogP contribution in [0, 0.1) is 10.8 Å². The van der Waals surface area contributed by atoms with Gasteiger partial charge in [-0.05, 0) is 36.5 Å². The van der Waals surface area contributed by atoms with Crippen molar-refractivity contribution in [2.24, 2.45) is 10.8 Å². The van der Waals surface area contributed by atoms with Gasteiger partial charge in [0.25, 0.3) is 0 Å². The number of ether oxygens (including phenoxy) is 1. The summed E-state index contributed by atoms with van der Waals surface area (Å²) in [5, 5.41) is 21.5. The molecule has 0 aliphatic carbocycles. The molecule has 0 aromatic rings. The second-order valence-corrected chi connectivity index (χ2v) is 22.7. The molecule has 0 aromatic carbocycles. The summed E-state index contributed by atoms with van der Waals surface area (Å²) in [7, 11) is -2.19. The molecule has 0 aromatic heterocycles. The van der Waals surface area contributed by atoms with Gasteiger partial charge in [0.15, 0.2) is 0 Å². The molecular formula is C36H78O3Si2. The number of unbranched alkanes of at least 4 members (excludes halogenated alkanes) is 16. The second kappa shape index (κ2) is 21.9. The van der Waals surface area contributed by atoms with Gasteiger partial charge >= 0.3 is 0 Å². The van der Waals surface area contributed by atoms with Crippen LogP contribution in [-0.2, 0) is 4.74 Å². The summed E-state index contributed by atoms with van der Waals surface area (Å²) in [6, 6.07) is 0. The van der Waals surface area contributed by atoms with Gasteiger partial charge in [-0.25, -0.2) is 0 Å². The fraction of sp³-hybridized carbons (Fsp3) is 1.00. The maximum absolute atomic E-state index is 11.2. The van der Waals surface area contributed by atoms with Crippen LogP contribution in [0.3, 0.4) is 0 Å². The van der Waals surface area contributed by atoms with Gasteiger partial charge in [-0.3, -0.25) is 0 Å². The first-order chi connectivity index (χ1) is 19.1. The quantitative estimate of drug-likeness (QED) is 0.0752. The topological polar surface area (TPSA) is 49.7 Å². The van der Waals surface area contributed by atoms with Crippen molar-refractivity contribution in [3.05, 3.63) is 0 Å². The second-order valence-electron chi connectivity index (χ2n) is 16.1. The van der Waals surface area contributed by atoms with Crippen molar-refractivity contribution in [1.29, 1.82) is 0 Å². The summed E-state index contributed by atoms with van der Waals surface area (Å²) in [6.07, 6.45) is 25.5. The summed E-state index contributed by atoms with van der Waals surface area (Å²) in [5.41, 5.74) is 0.0173. The van der Waals surface area contributed by atoms with Gasteiger partial charge in [-0.2, -0.15) is 0 Å². The Hall–Kier alpha value is 0.314. The zero-order valence-corrected chi connectivity index (χ0v) is 32.3. The molecule has 0 spiro atoms. The summed E-state index contributed by atoms with van der Waals surface area (Å²) >= 11 is 0. The highest BCUT2D eigenvalue weighted by Crippen LogP contribution is 2.38. The molecule has 248 valence electrons. The van der Waals surface area contributed by atoms with Gasteiger partial charge in [0.05, 0.1) is 28.0 Å². The fourth-order valence-electron chi connectivity index (χ4n) is 6.83. The lowest BCUT2D eigenvalue weighted by molar-refractivity contribution is 0.00315. The first kappa shape index (κ1) is 41.3. The Balaban J connectivity index is 3.45. The van der Waals surface area contributed by atoms with Crippen LogP contribution in [0.1, 0.15) is 170 Å². The summed E-state index contributed by atoms with van der Waals surface area (Å²) in [6.45, 7) is 24.3. The third-order valence-corrected chi connectivity index (χ3v) is 16.3. The van der Waals surface area contributed by atoms with Crippen LogP contribution in [-0.4, -0.2) is 51.5 Å². The average Bonchev–Trinajstić information content (AvgIpc) is 2.87. The van der Waals surface area contributed by atoms with Crippen LogP contribution in [0.15, 0.2) is 0 Å². The van der Waals surface area contributed by atoms with Gasteiger partial charge in [-0.1, -0.05) is 170 Å². The van der Waals surface area contributed by atoms with Crippen molar-refractivity contribution in [1.82, 2.24) is 0 Å². The Labute approximate surface area is 262 Å². The summed E-state index contributed by atoms with van der Waals surface area (Å²) in [4.78, 5) is 0. The van der Waals surface area contributed by atoms with E-state index < -0.39 is 28.0 Å². The average molecular weight is 615 g/mol. The number of aliphatic hydroxyl groups is 2. The van der Waals surface area contributed by atoms with Crippen LogP contribution >= 0.6 is 0 Å². The zero-order chi connectivity index (χ0) is 31.4. The highest BCUT2D eigenvalue weighted by atomic mass is 28.3. The molecule has 2 unspecified atom stereocenters. The summed E-state index contributed by atoms with van der Waals surface area (Å²) < 4.78 is 5.88. The lowest BCUT2D eigenvalue weighted by Gasteiger charge is -2.43. The monoisotopic (exact) mass is 615 g/mol. The molecule has 0 fully saturated rings. The first-order valence-corrected chi connectivity index (χ1v) is 23.9. The van der Waals surface area contributed by atoms with Crippen molar-refractivity contribution in [3.63, 3.8) is 0 Å². The molecule has 0 amide bonds. The molecule has 0 saturated heterocycles. The zero-order valence-electron chi connectivity index (χ0n) is 30.0. The number of hydrogen-bond donors (Lipinski definition) is 2. The van der Waals surface area contributed by atoms with Gasteiger partial charge in [0.1, 0.15) is 0 Å². The molecule has 2 atom stereocenters. The lowest BCUT2D eigenvalue weighted by Crippen LogP contribution is -2.52. The molecule has 0 radical (unpaired) electrons. The smallest absolute Gasteiger partial charge is 0.0698 e. The predicted octanol–water partition coefficient (Wildman–Crippen LogP) is 10.4. The molecule has 5 heteroatoms. The van der Waals surface area contributed by atoms with E-state index >= 15 is 0 Å². The van der Waals surface area contributed by atoms with Crippen molar-refractivity contribution in [2.75, 3.05) is 13.2 Å². The van der Waals surface area contributed by atoms with E-state index in [1.54, 1.807) is 0 Å². The molecule has 0 bridgehead atoms. The van der Waals surface area contributed by atoms with E-state index in [4.69, 9.17) is 4.74 Å². The molecule has 0 rings (SSSR count). The molecule has 0 saturated carbocycles. The van der Waals surface area contributed by atoms with E-state index in [1.807, 2.05) is 0 Å². The van der Waals surface area contributed by atoms with E-state index in [0.29, 0.717) is 0 Å². The van der Waals surface area contributed by atoms with Gasteiger partial charge in [0.2, 0.25) is 0 Å².